The number of nitrogens with two attached hydrogens (primary N) is 1. The Labute approximate surface area is 88.4 Å². The number of hydrogen-bond donors (Lipinski definition) is 2. The first-order valence-corrected chi connectivity index (χ1v) is 4.83. The summed E-state index contributed by atoms with van der Waals surface area (Å²) < 4.78 is 5.15. The summed E-state index contributed by atoms with van der Waals surface area (Å²) in [5.41, 5.74) is 7.63. The van der Waals surface area contributed by atoms with Crippen LogP contribution in [0.2, 0.25) is 0 Å². The molecule has 2 heterocycles. The van der Waals surface area contributed by atoms with Crippen LogP contribution in [0.15, 0.2) is 18.5 Å². The van der Waals surface area contributed by atoms with Crippen LogP contribution in [0.5, 0.6) is 5.88 Å². The first-order valence-electron chi connectivity index (χ1n) is 4.83. The van der Waals surface area contributed by atoms with E-state index in [4.69, 9.17) is 10.5 Å². The van der Waals surface area contributed by atoms with Crippen molar-refractivity contribution in [1.29, 1.82) is 0 Å². The molecule has 0 amide bonds. The molecule has 3 N–H and O–H groups in total. The normalized spacial score (nSPS) is 20.9. The lowest BCUT2D eigenvalue weighted by Gasteiger charge is -2.19. The Morgan fingerprint density at radius 3 is 3.00 bits per heavy atom. The molecule has 1 aliphatic rings. The number of hydrogen-bond acceptors (Lipinski definition) is 5. The van der Waals surface area contributed by atoms with Gasteiger partial charge in [0.25, 0.3) is 0 Å². The lowest BCUT2D eigenvalue weighted by molar-refractivity contribution is 0.393. The van der Waals surface area contributed by atoms with Gasteiger partial charge in [0, 0.05) is 31.5 Å². The second-order valence-corrected chi connectivity index (χ2v) is 3.40. The Kier molecular flexibility index (Phi) is 2.94. The maximum Gasteiger partial charge on any atom is 0.240 e. The van der Waals surface area contributed by atoms with E-state index in [1.54, 1.807) is 19.5 Å². The van der Waals surface area contributed by atoms with Crippen LogP contribution in [0.4, 0.5) is 0 Å². The van der Waals surface area contributed by atoms with Crippen molar-refractivity contribution >= 4 is 5.57 Å². The number of methoxy groups -OCH3 is 1. The van der Waals surface area contributed by atoms with Crippen molar-refractivity contribution in [2.45, 2.75) is 6.04 Å². The van der Waals surface area contributed by atoms with Crippen LogP contribution in [-0.4, -0.2) is 36.2 Å². The molecular weight excluding hydrogens is 192 g/mol. The topological polar surface area (TPSA) is 73.1 Å². The van der Waals surface area contributed by atoms with Gasteiger partial charge in [0.1, 0.15) is 5.69 Å². The minimum atomic E-state index is 0.0282. The Morgan fingerprint density at radius 2 is 2.27 bits per heavy atom. The van der Waals surface area contributed by atoms with E-state index in [1.165, 1.54) is 0 Å². The van der Waals surface area contributed by atoms with Crippen LogP contribution in [0.3, 0.4) is 0 Å². The third kappa shape index (κ3) is 2.14. The quantitative estimate of drug-likeness (QED) is 0.701. The van der Waals surface area contributed by atoms with E-state index in [2.05, 4.69) is 15.3 Å². The van der Waals surface area contributed by atoms with Crippen LogP contribution < -0.4 is 15.8 Å². The van der Waals surface area contributed by atoms with Crippen LogP contribution in [0, 0.1) is 0 Å². The Hall–Kier alpha value is -1.46. The zero-order valence-corrected chi connectivity index (χ0v) is 8.60. The molecule has 1 aromatic rings. The van der Waals surface area contributed by atoms with Gasteiger partial charge in [-0.05, 0) is 5.57 Å². The van der Waals surface area contributed by atoms with Gasteiger partial charge in [-0.2, -0.15) is 0 Å². The van der Waals surface area contributed by atoms with E-state index >= 15 is 0 Å². The fraction of sp³-hybridized carbons (Fsp3) is 0.400. The zero-order chi connectivity index (χ0) is 10.7. The summed E-state index contributed by atoms with van der Waals surface area (Å²) in [4.78, 5) is 8.36. The molecule has 0 saturated heterocycles. The van der Waals surface area contributed by atoms with Crippen molar-refractivity contribution in [3.63, 3.8) is 0 Å². The third-order valence-corrected chi connectivity index (χ3v) is 2.27. The second-order valence-electron chi connectivity index (χ2n) is 3.40. The summed E-state index contributed by atoms with van der Waals surface area (Å²) in [6.45, 7) is 1.55. The van der Waals surface area contributed by atoms with Crippen LogP contribution >= 0.6 is 0 Å². The van der Waals surface area contributed by atoms with Gasteiger partial charge in [-0.3, -0.25) is 0 Å². The van der Waals surface area contributed by atoms with Crippen LogP contribution in [0.1, 0.15) is 5.69 Å². The number of rotatable bonds is 2. The summed E-state index contributed by atoms with van der Waals surface area (Å²) in [5, 5.41) is 3.22. The van der Waals surface area contributed by atoms with Crippen molar-refractivity contribution < 1.29 is 4.74 Å². The molecule has 5 nitrogen and oxygen atoms in total. The van der Waals surface area contributed by atoms with E-state index in [0.29, 0.717) is 5.88 Å². The second kappa shape index (κ2) is 4.37. The first-order chi connectivity index (χ1) is 7.31. The Balaban J connectivity index is 2.36. The number of ether oxygens (including phenoxy) is 1. The molecule has 0 radical (unpaired) electrons. The molecule has 1 aromatic heterocycles. The Bertz CT molecular complexity index is 377. The van der Waals surface area contributed by atoms with E-state index < -0.39 is 0 Å². The van der Waals surface area contributed by atoms with Gasteiger partial charge in [-0.1, -0.05) is 6.08 Å². The van der Waals surface area contributed by atoms with Gasteiger partial charge >= 0.3 is 0 Å². The molecular formula is C10H14N4O. The van der Waals surface area contributed by atoms with Gasteiger partial charge in [0.05, 0.1) is 7.11 Å². The van der Waals surface area contributed by atoms with E-state index in [9.17, 15) is 0 Å². The molecule has 0 aliphatic carbocycles. The molecule has 1 unspecified atom stereocenters. The zero-order valence-electron chi connectivity index (χ0n) is 8.60. The molecule has 0 bridgehead atoms. The summed E-state index contributed by atoms with van der Waals surface area (Å²) in [5.74, 6) is 0.541. The van der Waals surface area contributed by atoms with Crippen molar-refractivity contribution in [2.24, 2.45) is 5.73 Å². The summed E-state index contributed by atoms with van der Waals surface area (Å²) in [7, 11) is 1.59. The van der Waals surface area contributed by atoms with Crippen molar-refractivity contribution in [3.8, 4) is 5.88 Å². The molecule has 0 aromatic carbocycles. The molecule has 2 rings (SSSR count). The van der Waals surface area contributed by atoms with Crippen LogP contribution in [-0.2, 0) is 0 Å². The number of aromatic nitrogens is 2. The summed E-state index contributed by atoms with van der Waals surface area (Å²) in [6.07, 6.45) is 5.26. The molecule has 5 heteroatoms. The lowest BCUT2D eigenvalue weighted by atomic mass is 10.1. The van der Waals surface area contributed by atoms with Gasteiger partial charge in [-0.15, -0.1) is 0 Å². The Morgan fingerprint density at radius 1 is 1.47 bits per heavy atom. The first kappa shape index (κ1) is 10.1. The fourth-order valence-electron chi connectivity index (χ4n) is 1.61. The van der Waals surface area contributed by atoms with Gasteiger partial charge in [0.15, 0.2) is 0 Å². The predicted octanol–water partition coefficient (Wildman–Crippen LogP) is -0.201. The molecule has 1 aliphatic heterocycles. The lowest BCUT2D eigenvalue weighted by Crippen LogP contribution is -2.37. The predicted molar refractivity (Wildman–Crippen MR) is 57.4 cm³/mol. The highest BCUT2D eigenvalue weighted by Gasteiger charge is 2.15. The number of nitrogens with one attached hydrogen (secondary N) is 1. The smallest absolute Gasteiger partial charge is 0.240 e. The monoisotopic (exact) mass is 206 g/mol. The molecule has 15 heavy (non-hydrogen) atoms. The highest BCUT2D eigenvalue weighted by molar-refractivity contribution is 5.68. The fourth-order valence-corrected chi connectivity index (χ4v) is 1.61. The summed E-state index contributed by atoms with van der Waals surface area (Å²) in [6, 6.07) is 0.0282. The maximum absolute atomic E-state index is 5.83. The number of nitrogens with zero attached hydrogens (tertiary/aromatic N) is 2. The maximum atomic E-state index is 5.83. The van der Waals surface area contributed by atoms with Crippen molar-refractivity contribution in [2.75, 3.05) is 20.2 Å². The van der Waals surface area contributed by atoms with E-state index in [1.807, 2.05) is 6.08 Å². The van der Waals surface area contributed by atoms with Gasteiger partial charge < -0.3 is 15.8 Å². The average molecular weight is 206 g/mol. The van der Waals surface area contributed by atoms with Crippen molar-refractivity contribution in [1.82, 2.24) is 15.3 Å². The van der Waals surface area contributed by atoms with Gasteiger partial charge in [0.2, 0.25) is 5.88 Å². The molecule has 0 fully saturated rings. The highest BCUT2D eigenvalue weighted by atomic mass is 16.5. The summed E-state index contributed by atoms with van der Waals surface area (Å²) >= 11 is 0. The van der Waals surface area contributed by atoms with Crippen molar-refractivity contribution in [3.05, 3.63) is 24.2 Å². The van der Waals surface area contributed by atoms with Gasteiger partial charge in [-0.25, -0.2) is 9.97 Å². The van der Waals surface area contributed by atoms with E-state index in [0.717, 1.165) is 24.4 Å². The SMILES string of the molecule is COc1nccnc1C1=CC(N)CNC1. The highest BCUT2D eigenvalue weighted by Crippen LogP contribution is 2.21. The molecule has 0 spiro atoms. The molecule has 1 atom stereocenters. The van der Waals surface area contributed by atoms with E-state index in [-0.39, 0.29) is 6.04 Å². The molecule has 0 saturated carbocycles. The largest absolute Gasteiger partial charge is 0.479 e. The average Bonchev–Trinajstić information content (AvgIpc) is 2.29. The minimum Gasteiger partial charge on any atom is -0.479 e. The molecule has 80 valence electrons. The van der Waals surface area contributed by atoms with Crippen LogP contribution in [0.25, 0.3) is 5.57 Å². The third-order valence-electron chi connectivity index (χ3n) is 2.27. The minimum absolute atomic E-state index is 0.0282. The standard InChI is InChI=1S/C10H14N4O/c1-15-10-9(13-2-3-14-10)7-4-8(11)6-12-5-7/h2-4,8,12H,5-6,11H2,1H3.